The van der Waals surface area contributed by atoms with Crippen LogP contribution in [0.15, 0.2) is 60.0 Å². The van der Waals surface area contributed by atoms with Gasteiger partial charge in [0, 0.05) is 11.1 Å². The van der Waals surface area contributed by atoms with Crippen molar-refractivity contribution in [3.05, 3.63) is 60.0 Å². The summed E-state index contributed by atoms with van der Waals surface area (Å²) < 4.78 is 39.8. The van der Waals surface area contributed by atoms with Crippen molar-refractivity contribution in [3.63, 3.8) is 0 Å². The van der Waals surface area contributed by atoms with Gasteiger partial charge in [-0.3, -0.25) is 5.01 Å². The van der Waals surface area contributed by atoms with Crippen LogP contribution in [-0.2, 0) is 0 Å². The fourth-order valence-corrected chi connectivity index (χ4v) is 4.06. The van der Waals surface area contributed by atoms with Crippen molar-refractivity contribution in [2.24, 2.45) is 0 Å². The van der Waals surface area contributed by atoms with E-state index in [1.807, 2.05) is 43.3 Å². The van der Waals surface area contributed by atoms with Crippen molar-refractivity contribution in [3.8, 4) is 22.5 Å². The van der Waals surface area contributed by atoms with Gasteiger partial charge in [-0.1, -0.05) is 49.7 Å². The Labute approximate surface area is 183 Å². The molecule has 0 fully saturated rings. The second-order valence-electron chi connectivity index (χ2n) is 7.66. The maximum Gasteiger partial charge on any atom is 0.408 e. The lowest BCUT2D eigenvalue weighted by molar-refractivity contribution is -0.146. The van der Waals surface area contributed by atoms with Gasteiger partial charge < -0.3 is 5.11 Å². The van der Waals surface area contributed by atoms with Gasteiger partial charge >= 0.3 is 6.18 Å². The van der Waals surface area contributed by atoms with Crippen molar-refractivity contribution in [1.82, 2.24) is 25.6 Å². The van der Waals surface area contributed by atoms with E-state index < -0.39 is 12.7 Å². The third kappa shape index (κ3) is 4.12. The lowest BCUT2D eigenvalue weighted by Crippen LogP contribution is -2.47. The number of halogens is 3. The molecular weight excluding hydrogens is 421 g/mol. The summed E-state index contributed by atoms with van der Waals surface area (Å²) in [5.74, 6) is 0.112. The molecule has 0 saturated heterocycles. The number of anilines is 1. The number of hydrogen-bond acceptors (Lipinski definition) is 6. The number of aromatic amines is 1. The van der Waals surface area contributed by atoms with Crippen LogP contribution in [-0.4, -0.2) is 49.5 Å². The van der Waals surface area contributed by atoms with Gasteiger partial charge in [0.15, 0.2) is 0 Å². The van der Waals surface area contributed by atoms with Crippen LogP contribution < -0.4 is 5.01 Å². The predicted molar refractivity (Wildman–Crippen MR) is 114 cm³/mol. The first-order valence-corrected chi connectivity index (χ1v) is 10.3. The topological polar surface area (TPSA) is 81.2 Å². The second-order valence-corrected chi connectivity index (χ2v) is 7.66. The van der Waals surface area contributed by atoms with Crippen LogP contribution in [0.5, 0.6) is 0 Å². The first kappa shape index (κ1) is 21.7. The number of aliphatic hydroxyl groups excluding tert-OH is 1. The molecule has 1 atom stereocenters. The molecule has 0 radical (unpaired) electrons. The number of aromatic nitrogens is 4. The molecule has 0 aliphatic carbocycles. The molecule has 1 aliphatic heterocycles. The fraction of sp³-hybridized carbons (Fsp3) is 0.318. The summed E-state index contributed by atoms with van der Waals surface area (Å²) in [6.45, 7) is 2.38. The molecule has 2 heterocycles. The minimum Gasteiger partial charge on any atom is -0.493 e. The molecule has 1 aliphatic rings. The second kappa shape index (κ2) is 8.52. The van der Waals surface area contributed by atoms with Gasteiger partial charge in [-0.15, -0.1) is 10.2 Å². The van der Waals surface area contributed by atoms with E-state index in [-0.39, 0.29) is 11.9 Å². The molecule has 168 valence electrons. The monoisotopic (exact) mass is 444 g/mol. The van der Waals surface area contributed by atoms with E-state index in [1.54, 1.807) is 19.1 Å². The highest BCUT2D eigenvalue weighted by atomic mass is 19.4. The number of aliphatic hydroxyl groups is 1. The number of nitrogens with zero attached hydrogens (tertiary/aromatic N) is 5. The van der Waals surface area contributed by atoms with Gasteiger partial charge in [0.25, 0.3) is 0 Å². The molecule has 0 spiro atoms. The number of hydrazine groups is 1. The van der Waals surface area contributed by atoms with Crippen molar-refractivity contribution in [2.45, 2.75) is 38.9 Å². The Balaban J connectivity index is 1.70. The third-order valence-electron chi connectivity index (χ3n) is 5.50. The van der Waals surface area contributed by atoms with Crippen molar-refractivity contribution < 1.29 is 18.3 Å². The number of H-pyrrole nitrogens is 1. The SMILES string of the molecule is CCCC1C(C)=C(O)N(CC(F)(F)F)N1c1ccc(-c2ccccc2-c2nn[nH]n2)cc1. The predicted octanol–water partition coefficient (Wildman–Crippen LogP) is 5.09. The lowest BCUT2D eigenvalue weighted by atomic mass is 9.98. The van der Waals surface area contributed by atoms with Crippen LogP contribution in [0, 0.1) is 0 Å². The zero-order chi connectivity index (χ0) is 22.9. The molecule has 4 rings (SSSR count). The van der Waals surface area contributed by atoms with E-state index in [2.05, 4.69) is 20.6 Å². The van der Waals surface area contributed by atoms with Crippen LogP contribution in [0.25, 0.3) is 22.5 Å². The van der Waals surface area contributed by atoms with E-state index in [0.29, 0.717) is 23.5 Å². The highest BCUT2D eigenvalue weighted by molar-refractivity contribution is 5.81. The number of rotatable bonds is 6. The summed E-state index contributed by atoms with van der Waals surface area (Å²) in [6, 6.07) is 14.4. The average Bonchev–Trinajstić information content (AvgIpc) is 3.38. The van der Waals surface area contributed by atoms with Gasteiger partial charge in [-0.2, -0.15) is 18.4 Å². The van der Waals surface area contributed by atoms with E-state index in [4.69, 9.17) is 0 Å². The summed E-state index contributed by atoms with van der Waals surface area (Å²) in [4.78, 5) is 0. The first-order valence-electron chi connectivity index (χ1n) is 10.3. The van der Waals surface area contributed by atoms with Gasteiger partial charge in [0.1, 0.15) is 6.54 Å². The molecule has 32 heavy (non-hydrogen) atoms. The van der Waals surface area contributed by atoms with Gasteiger partial charge in [0.2, 0.25) is 11.7 Å². The van der Waals surface area contributed by atoms with Crippen LogP contribution >= 0.6 is 0 Å². The maximum atomic E-state index is 13.3. The summed E-state index contributed by atoms with van der Waals surface area (Å²) >= 11 is 0. The Morgan fingerprint density at radius 3 is 2.34 bits per heavy atom. The van der Waals surface area contributed by atoms with Gasteiger partial charge in [0.05, 0.1) is 11.7 Å². The van der Waals surface area contributed by atoms with Crippen LogP contribution in [0.4, 0.5) is 18.9 Å². The summed E-state index contributed by atoms with van der Waals surface area (Å²) in [5.41, 5.74) is 3.61. The van der Waals surface area contributed by atoms with E-state index in [0.717, 1.165) is 28.1 Å². The van der Waals surface area contributed by atoms with Crippen molar-refractivity contribution >= 4 is 5.69 Å². The fourth-order valence-electron chi connectivity index (χ4n) is 4.06. The highest BCUT2D eigenvalue weighted by Gasteiger charge is 2.42. The Bertz CT molecular complexity index is 1100. The number of hydrogen-bond donors (Lipinski definition) is 2. The zero-order valence-electron chi connectivity index (χ0n) is 17.6. The molecule has 10 heteroatoms. The van der Waals surface area contributed by atoms with Crippen LogP contribution in [0.2, 0.25) is 0 Å². The molecule has 0 amide bonds. The summed E-state index contributed by atoms with van der Waals surface area (Å²) in [7, 11) is 0. The molecule has 3 aromatic rings. The quantitative estimate of drug-likeness (QED) is 0.551. The Kier molecular flexibility index (Phi) is 5.77. The maximum absolute atomic E-state index is 13.3. The Morgan fingerprint density at radius 1 is 1.06 bits per heavy atom. The molecule has 2 aromatic carbocycles. The average molecular weight is 444 g/mol. The molecule has 0 saturated carbocycles. The number of nitrogens with one attached hydrogen (secondary N) is 1. The van der Waals surface area contributed by atoms with E-state index >= 15 is 0 Å². The van der Waals surface area contributed by atoms with E-state index in [9.17, 15) is 18.3 Å². The number of benzene rings is 2. The lowest BCUT2D eigenvalue weighted by Gasteiger charge is -2.36. The molecular formula is C22H23F3N6O. The molecule has 7 nitrogen and oxygen atoms in total. The summed E-state index contributed by atoms with van der Waals surface area (Å²) in [6.07, 6.45) is -3.08. The molecule has 1 unspecified atom stereocenters. The first-order chi connectivity index (χ1) is 15.3. The smallest absolute Gasteiger partial charge is 0.408 e. The minimum absolute atomic E-state index is 0.340. The largest absolute Gasteiger partial charge is 0.493 e. The molecule has 0 bridgehead atoms. The number of alkyl halides is 3. The van der Waals surface area contributed by atoms with Gasteiger partial charge in [-0.25, -0.2) is 5.01 Å². The van der Waals surface area contributed by atoms with Crippen LogP contribution in [0.3, 0.4) is 0 Å². The minimum atomic E-state index is -4.46. The van der Waals surface area contributed by atoms with Crippen molar-refractivity contribution in [2.75, 3.05) is 11.6 Å². The summed E-state index contributed by atoms with van der Waals surface area (Å²) in [5, 5.41) is 27.1. The number of tetrazole rings is 1. The van der Waals surface area contributed by atoms with Crippen LogP contribution in [0.1, 0.15) is 26.7 Å². The van der Waals surface area contributed by atoms with Gasteiger partial charge in [-0.05, 0) is 41.8 Å². The third-order valence-corrected chi connectivity index (χ3v) is 5.50. The standard InChI is InChI=1S/C22H23F3N6O/c1-3-6-19-14(2)21(32)30(13-22(23,24)25)31(19)16-11-9-15(10-12-16)17-7-4-5-8-18(17)20-26-28-29-27-20/h4-5,7-12,19,32H,3,6,13H2,1-2H3,(H,26,27,28,29). The van der Waals surface area contributed by atoms with E-state index in [1.165, 1.54) is 5.01 Å². The highest BCUT2D eigenvalue weighted by Crippen LogP contribution is 2.38. The Hall–Kier alpha value is -3.56. The normalized spacial score (nSPS) is 16.8. The zero-order valence-corrected chi connectivity index (χ0v) is 17.6. The molecule has 2 N–H and O–H groups in total. The Morgan fingerprint density at radius 2 is 1.75 bits per heavy atom. The van der Waals surface area contributed by atoms with Crippen molar-refractivity contribution in [1.29, 1.82) is 0 Å². The molecule has 1 aromatic heterocycles.